The van der Waals surface area contributed by atoms with Crippen LogP contribution in [0.3, 0.4) is 0 Å². The van der Waals surface area contributed by atoms with Gasteiger partial charge in [-0.3, -0.25) is 24.8 Å². The third-order valence-corrected chi connectivity index (χ3v) is 5.66. The number of nitrogens with one attached hydrogen (secondary N) is 2. The number of pyridine rings is 1. The molecule has 1 fully saturated rings. The van der Waals surface area contributed by atoms with E-state index in [2.05, 4.69) is 30.6 Å². The van der Waals surface area contributed by atoms with E-state index < -0.39 is 29.7 Å². The fourth-order valence-corrected chi connectivity index (χ4v) is 3.95. The first-order valence-electron chi connectivity index (χ1n) is 10.4. The number of hydrogen-bond acceptors (Lipinski definition) is 9. The Balaban J connectivity index is 1.50. The molecule has 2 amide bonds. The molecule has 0 bridgehead atoms. The van der Waals surface area contributed by atoms with Crippen molar-refractivity contribution in [1.82, 2.24) is 20.1 Å². The topological polar surface area (TPSA) is 119 Å². The maximum Gasteiger partial charge on any atom is 0.573 e. The number of halogens is 4. The van der Waals surface area contributed by atoms with E-state index >= 15 is 0 Å². The van der Waals surface area contributed by atoms with E-state index in [4.69, 9.17) is 4.74 Å². The van der Waals surface area contributed by atoms with E-state index in [-0.39, 0.29) is 33.6 Å². The summed E-state index contributed by atoms with van der Waals surface area (Å²) in [7, 11) is 0. The van der Waals surface area contributed by atoms with Gasteiger partial charge in [-0.25, -0.2) is 4.39 Å². The van der Waals surface area contributed by atoms with Crippen LogP contribution in [0.4, 0.5) is 28.4 Å². The molecule has 0 atom stereocenters. The van der Waals surface area contributed by atoms with Crippen molar-refractivity contribution in [1.29, 1.82) is 0 Å². The first-order valence-corrected chi connectivity index (χ1v) is 11.2. The second kappa shape index (κ2) is 10.9. The molecule has 1 aliphatic heterocycles. The van der Waals surface area contributed by atoms with E-state index in [0.717, 1.165) is 29.5 Å². The Morgan fingerprint density at radius 3 is 2.64 bits per heavy atom. The molecule has 2 aromatic heterocycles. The van der Waals surface area contributed by atoms with Crippen LogP contribution in [-0.4, -0.2) is 71.1 Å². The van der Waals surface area contributed by atoms with Crippen molar-refractivity contribution in [3.8, 4) is 16.5 Å². The molecule has 10 nitrogen and oxygen atoms in total. The Labute approximate surface area is 205 Å². The van der Waals surface area contributed by atoms with Crippen molar-refractivity contribution in [3.05, 3.63) is 47.9 Å². The normalized spacial score (nSPS) is 14.3. The maximum absolute atomic E-state index is 13.9. The van der Waals surface area contributed by atoms with Crippen LogP contribution < -0.4 is 15.4 Å². The number of hydrogen-bond donors (Lipinski definition) is 2. The summed E-state index contributed by atoms with van der Waals surface area (Å²) in [6, 6.07) is 5.66. The number of alkyl halides is 3. The molecule has 0 saturated carbocycles. The van der Waals surface area contributed by atoms with Gasteiger partial charge in [-0.05, 0) is 30.3 Å². The molecule has 1 aliphatic rings. The molecule has 0 unspecified atom stereocenters. The van der Waals surface area contributed by atoms with Gasteiger partial charge in [0.1, 0.15) is 5.69 Å². The van der Waals surface area contributed by atoms with E-state index in [1.807, 2.05) is 0 Å². The smallest absolute Gasteiger partial charge is 0.404 e. The van der Waals surface area contributed by atoms with E-state index in [9.17, 15) is 27.2 Å². The molecule has 2 N–H and O–H groups in total. The lowest BCUT2D eigenvalue weighted by Gasteiger charge is -2.26. The average Bonchev–Trinajstić information content (AvgIpc) is 3.28. The highest BCUT2D eigenvalue weighted by atomic mass is 32.1. The SMILES string of the molecule is O=C(CN1CCOCC1)Nc1cc(C(=O)Nc2nnc(-c3ncccc3F)s2)ccc1OC(F)(F)F. The second-order valence-corrected chi connectivity index (χ2v) is 8.37. The summed E-state index contributed by atoms with van der Waals surface area (Å²) in [6.07, 6.45) is -3.64. The lowest BCUT2D eigenvalue weighted by Crippen LogP contribution is -2.41. The summed E-state index contributed by atoms with van der Waals surface area (Å²) in [5, 5.41) is 12.5. The Kier molecular flexibility index (Phi) is 7.71. The fourth-order valence-electron chi connectivity index (χ4n) is 3.22. The van der Waals surface area contributed by atoms with Crippen LogP contribution in [0.2, 0.25) is 0 Å². The zero-order chi connectivity index (χ0) is 25.7. The van der Waals surface area contributed by atoms with Crippen molar-refractivity contribution in [2.75, 3.05) is 43.5 Å². The zero-order valence-corrected chi connectivity index (χ0v) is 19.2. The Bertz CT molecular complexity index is 1250. The number of rotatable bonds is 7. The maximum atomic E-state index is 13.9. The van der Waals surface area contributed by atoms with Gasteiger partial charge in [0.2, 0.25) is 11.0 Å². The van der Waals surface area contributed by atoms with Crippen molar-refractivity contribution < 1.29 is 36.6 Å². The summed E-state index contributed by atoms with van der Waals surface area (Å²) in [6.45, 7) is 1.78. The molecular weight excluding hydrogens is 508 g/mol. The Morgan fingerprint density at radius 2 is 1.92 bits per heavy atom. The first-order chi connectivity index (χ1) is 17.2. The number of carbonyl (C=O) groups is 2. The molecular formula is C21H18F4N6O4S. The summed E-state index contributed by atoms with van der Waals surface area (Å²) < 4.78 is 61.7. The quantitative estimate of drug-likeness (QED) is 0.451. The lowest BCUT2D eigenvalue weighted by atomic mass is 10.1. The van der Waals surface area contributed by atoms with Crippen LogP contribution in [-0.2, 0) is 9.53 Å². The van der Waals surface area contributed by atoms with E-state index in [0.29, 0.717) is 26.3 Å². The van der Waals surface area contributed by atoms with Crippen LogP contribution in [0.5, 0.6) is 5.75 Å². The van der Waals surface area contributed by atoms with E-state index in [1.54, 1.807) is 4.90 Å². The number of morpholine rings is 1. The minimum absolute atomic E-state index is 0.00794. The van der Waals surface area contributed by atoms with Gasteiger partial charge in [0.25, 0.3) is 5.91 Å². The van der Waals surface area contributed by atoms with Gasteiger partial charge in [0.15, 0.2) is 16.6 Å². The molecule has 36 heavy (non-hydrogen) atoms. The summed E-state index contributed by atoms with van der Waals surface area (Å²) in [4.78, 5) is 30.8. The number of ether oxygens (including phenoxy) is 2. The van der Waals surface area contributed by atoms with Gasteiger partial charge < -0.3 is 14.8 Å². The van der Waals surface area contributed by atoms with Crippen LogP contribution in [0.25, 0.3) is 10.7 Å². The zero-order valence-electron chi connectivity index (χ0n) is 18.3. The van der Waals surface area contributed by atoms with Crippen molar-refractivity contribution in [3.63, 3.8) is 0 Å². The highest BCUT2D eigenvalue weighted by molar-refractivity contribution is 7.18. The van der Waals surface area contributed by atoms with Gasteiger partial charge in [0.05, 0.1) is 25.4 Å². The highest BCUT2D eigenvalue weighted by Gasteiger charge is 2.32. The summed E-state index contributed by atoms with van der Waals surface area (Å²) in [5.74, 6) is -2.64. The highest BCUT2D eigenvalue weighted by Crippen LogP contribution is 2.32. The third-order valence-electron chi connectivity index (χ3n) is 4.82. The van der Waals surface area contributed by atoms with Crippen LogP contribution in [0, 0.1) is 5.82 Å². The second-order valence-electron chi connectivity index (χ2n) is 7.40. The van der Waals surface area contributed by atoms with Crippen molar-refractivity contribution >= 4 is 34.0 Å². The predicted molar refractivity (Wildman–Crippen MR) is 120 cm³/mol. The van der Waals surface area contributed by atoms with Crippen LogP contribution in [0.1, 0.15) is 10.4 Å². The molecule has 15 heteroatoms. The molecule has 3 aromatic rings. The molecule has 190 valence electrons. The first kappa shape index (κ1) is 25.4. The summed E-state index contributed by atoms with van der Waals surface area (Å²) >= 11 is 0.853. The standard InChI is InChI=1S/C21H18F4N6O4S/c22-13-2-1-5-26-17(13)19-29-30-20(36-19)28-18(33)12-3-4-15(35-21(23,24)25)14(10-12)27-16(32)11-31-6-8-34-9-7-31/h1-5,10H,6-9,11H2,(H,27,32)(H,28,30,33). The molecule has 0 aliphatic carbocycles. The lowest BCUT2D eigenvalue weighted by molar-refractivity contribution is -0.274. The van der Waals surface area contributed by atoms with Gasteiger partial charge >= 0.3 is 6.36 Å². The fraction of sp³-hybridized carbons (Fsp3) is 0.286. The van der Waals surface area contributed by atoms with Gasteiger partial charge in [-0.15, -0.1) is 23.4 Å². The molecule has 1 aromatic carbocycles. The molecule has 3 heterocycles. The minimum atomic E-state index is -5.02. The molecule has 0 spiro atoms. The average molecular weight is 526 g/mol. The molecule has 1 saturated heterocycles. The van der Waals surface area contributed by atoms with Gasteiger partial charge in [-0.2, -0.15) is 0 Å². The van der Waals surface area contributed by atoms with Crippen LogP contribution >= 0.6 is 11.3 Å². The summed E-state index contributed by atoms with van der Waals surface area (Å²) in [5.41, 5.74) is -0.479. The monoisotopic (exact) mass is 526 g/mol. The third kappa shape index (κ3) is 6.71. The molecule has 0 radical (unpaired) electrons. The Morgan fingerprint density at radius 1 is 1.14 bits per heavy atom. The van der Waals surface area contributed by atoms with E-state index in [1.165, 1.54) is 18.3 Å². The predicted octanol–water partition coefficient (Wildman–Crippen LogP) is 3.16. The van der Waals surface area contributed by atoms with Crippen LogP contribution in [0.15, 0.2) is 36.5 Å². The number of nitrogens with zero attached hydrogens (tertiary/aromatic N) is 4. The number of aromatic nitrogens is 3. The van der Waals surface area contributed by atoms with Crippen molar-refractivity contribution in [2.24, 2.45) is 0 Å². The van der Waals surface area contributed by atoms with Gasteiger partial charge in [0, 0.05) is 24.8 Å². The number of carbonyl (C=O) groups excluding carboxylic acids is 2. The van der Waals surface area contributed by atoms with Gasteiger partial charge in [-0.1, -0.05) is 11.3 Å². The molecule has 4 rings (SSSR count). The Hall–Kier alpha value is -3.69. The number of amides is 2. The largest absolute Gasteiger partial charge is 0.573 e. The number of anilines is 2. The number of benzene rings is 1. The minimum Gasteiger partial charge on any atom is -0.404 e. The van der Waals surface area contributed by atoms with Crippen molar-refractivity contribution in [2.45, 2.75) is 6.36 Å².